The standard InChI is InChI=1S/C21H40N4O2/c1-4-22-21(23-12-15-27-14-11-17(2)3)24-19-10-13-25(16-19)20(26)18-8-6-5-7-9-18/h17-19H,4-16H2,1-3H3,(H2,22,23,24). The van der Waals surface area contributed by atoms with Gasteiger partial charge in [0.2, 0.25) is 5.91 Å². The van der Waals surface area contributed by atoms with Crippen LogP contribution in [-0.2, 0) is 9.53 Å². The molecule has 2 fully saturated rings. The molecule has 6 nitrogen and oxygen atoms in total. The molecule has 1 saturated carbocycles. The van der Waals surface area contributed by atoms with Crippen LogP contribution in [0.15, 0.2) is 4.99 Å². The van der Waals surface area contributed by atoms with Gasteiger partial charge in [-0.05, 0) is 38.5 Å². The van der Waals surface area contributed by atoms with Crippen molar-refractivity contribution in [2.75, 3.05) is 39.4 Å². The molecule has 1 saturated heterocycles. The molecule has 1 aliphatic heterocycles. The van der Waals surface area contributed by atoms with Gasteiger partial charge < -0.3 is 20.3 Å². The second kappa shape index (κ2) is 12.2. The van der Waals surface area contributed by atoms with Gasteiger partial charge in [-0.15, -0.1) is 0 Å². The molecule has 0 aromatic heterocycles. The van der Waals surface area contributed by atoms with Gasteiger partial charge in [-0.2, -0.15) is 0 Å². The highest BCUT2D eigenvalue weighted by molar-refractivity contribution is 5.81. The summed E-state index contributed by atoms with van der Waals surface area (Å²) in [7, 11) is 0. The number of hydrogen-bond donors (Lipinski definition) is 2. The predicted molar refractivity (Wildman–Crippen MR) is 111 cm³/mol. The van der Waals surface area contributed by atoms with E-state index < -0.39 is 0 Å². The van der Waals surface area contributed by atoms with Gasteiger partial charge in [-0.25, -0.2) is 0 Å². The second-order valence-electron chi connectivity index (χ2n) is 8.30. The minimum Gasteiger partial charge on any atom is -0.380 e. The zero-order chi connectivity index (χ0) is 19.5. The van der Waals surface area contributed by atoms with Crippen molar-refractivity contribution in [1.82, 2.24) is 15.5 Å². The number of carbonyl (C=O) groups excluding carboxylic acids is 1. The fraction of sp³-hybridized carbons (Fsp3) is 0.905. The summed E-state index contributed by atoms with van der Waals surface area (Å²) in [6.45, 7) is 11.1. The Morgan fingerprint density at radius 1 is 1.19 bits per heavy atom. The number of aliphatic imine (C=N–C) groups is 1. The van der Waals surface area contributed by atoms with Crippen molar-refractivity contribution in [1.29, 1.82) is 0 Å². The Balaban J connectivity index is 1.72. The van der Waals surface area contributed by atoms with Crippen molar-refractivity contribution >= 4 is 11.9 Å². The largest absolute Gasteiger partial charge is 0.380 e. The first-order valence-corrected chi connectivity index (χ1v) is 11.0. The minimum absolute atomic E-state index is 0.266. The summed E-state index contributed by atoms with van der Waals surface area (Å²) in [5.74, 6) is 2.15. The summed E-state index contributed by atoms with van der Waals surface area (Å²) in [5, 5.41) is 6.81. The molecule has 2 rings (SSSR count). The van der Waals surface area contributed by atoms with Crippen LogP contribution in [-0.4, -0.2) is 62.2 Å². The molecule has 156 valence electrons. The van der Waals surface area contributed by atoms with E-state index in [1.807, 2.05) is 0 Å². The molecule has 0 aromatic carbocycles. The molecule has 2 N–H and O–H groups in total. The molecule has 2 aliphatic rings. The molecule has 6 heteroatoms. The summed E-state index contributed by atoms with van der Waals surface area (Å²) in [5.41, 5.74) is 0. The van der Waals surface area contributed by atoms with E-state index in [-0.39, 0.29) is 12.0 Å². The molecule has 0 bridgehead atoms. The zero-order valence-corrected chi connectivity index (χ0v) is 17.6. The number of likely N-dealkylation sites (tertiary alicyclic amines) is 1. The van der Waals surface area contributed by atoms with Crippen molar-refractivity contribution in [3.63, 3.8) is 0 Å². The van der Waals surface area contributed by atoms with Crippen LogP contribution in [0.3, 0.4) is 0 Å². The van der Waals surface area contributed by atoms with Crippen LogP contribution in [0.1, 0.15) is 65.7 Å². The fourth-order valence-corrected chi connectivity index (χ4v) is 3.84. The third-order valence-corrected chi connectivity index (χ3v) is 5.48. The summed E-state index contributed by atoms with van der Waals surface area (Å²) < 4.78 is 5.64. The number of carbonyl (C=O) groups is 1. The first kappa shape index (κ1) is 22.0. The maximum Gasteiger partial charge on any atom is 0.225 e. The molecular formula is C21H40N4O2. The van der Waals surface area contributed by atoms with E-state index in [2.05, 4.69) is 41.3 Å². The highest BCUT2D eigenvalue weighted by atomic mass is 16.5. The smallest absolute Gasteiger partial charge is 0.225 e. The molecule has 0 radical (unpaired) electrons. The Morgan fingerprint density at radius 2 is 1.96 bits per heavy atom. The number of hydrogen-bond acceptors (Lipinski definition) is 3. The highest BCUT2D eigenvalue weighted by Crippen LogP contribution is 2.26. The SMILES string of the molecule is CCNC(=NCCOCCC(C)C)NC1CCN(C(=O)C2CCCCC2)C1. The van der Waals surface area contributed by atoms with Crippen molar-refractivity contribution in [3.05, 3.63) is 0 Å². The summed E-state index contributed by atoms with van der Waals surface area (Å²) in [4.78, 5) is 19.4. The minimum atomic E-state index is 0.266. The lowest BCUT2D eigenvalue weighted by Gasteiger charge is -2.26. The average molecular weight is 381 g/mol. The van der Waals surface area contributed by atoms with Crippen LogP contribution in [0.2, 0.25) is 0 Å². The van der Waals surface area contributed by atoms with Crippen molar-refractivity contribution < 1.29 is 9.53 Å². The van der Waals surface area contributed by atoms with E-state index in [1.54, 1.807) is 0 Å². The third-order valence-electron chi connectivity index (χ3n) is 5.48. The van der Waals surface area contributed by atoms with Gasteiger partial charge in [0.05, 0.1) is 13.2 Å². The molecule has 1 aliphatic carbocycles. The molecule has 1 heterocycles. The lowest BCUT2D eigenvalue weighted by atomic mass is 9.88. The Morgan fingerprint density at radius 3 is 2.67 bits per heavy atom. The third kappa shape index (κ3) is 8.08. The molecule has 1 unspecified atom stereocenters. The Kier molecular flexibility index (Phi) is 9.95. The molecule has 0 spiro atoms. The molecule has 1 amide bonds. The van der Waals surface area contributed by atoms with Crippen LogP contribution >= 0.6 is 0 Å². The van der Waals surface area contributed by atoms with Gasteiger partial charge in [-0.1, -0.05) is 33.1 Å². The monoisotopic (exact) mass is 380 g/mol. The predicted octanol–water partition coefficient (Wildman–Crippen LogP) is 2.79. The van der Waals surface area contributed by atoms with Crippen molar-refractivity contribution in [2.24, 2.45) is 16.8 Å². The van der Waals surface area contributed by atoms with E-state index in [9.17, 15) is 4.79 Å². The molecule has 0 aromatic rings. The number of ether oxygens (including phenoxy) is 1. The number of rotatable bonds is 9. The first-order chi connectivity index (χ1) is 13.1. The fourth-order valence-electron chi connectivity index (χ4n) is 3.84. The first-order valence-electron chi connectivity index (χ1n) is 11.0. The maximum absolute atomic E-state index is 12.7. The van der Waals surface area contributed by atoms with Gasteiger partial charge >= 0.3 is 0 Å². The van der Waals surface area contributed by atoms with Gasteiger partial charge in [0.1, 0.15) is 0 Å². The van der Waals surface area contributed by atoms with Crippen LogP contribution < -0.4 is 10.6 Å². The van der Waals surface area contributed by atoms with Crippen LogP contribution in [0.25, 0.3) is 0 Å². The van der Waals surface area contributed by atoms with Crippen LogP contribution in [0, 0.1) is 11.8 Å². The van der Waals surface area contributed by atoms with Crippen molar-refractivity contribution in [2.45, 2.75) is 71.8 Å². The van der Waals surface area contributed by atoms with Crippen LogP contribution in [0.4, 0.5) is 0 Å². The quantitative estimate of drug-likeness (QED) is 0.367. The maximum atomic E-state index is 12.7. The molecule has 1 atom stereocenters. The van der Waals surface area contributed by atoms with E-state index in [0.717, 1.165) is 57.9 Å². The summed E-state index contributed by atoms with van der Waals surface area (Å²) in [6, 6.07) is 0.289. The molecule has 27 heavy (non-hydrogen) atoms. The lowest BCUT2D eigenvalue weighted by molar-refractivity contribution is -0.135. The van der Waals surface area contributed by atoms with Crippen LogP contribution in [0.5, 0.6) is 0 Å². The van der Waals surface area contributed by atoms with E-state index >= 15 is 0 Å². The summed E-state index contributed by atoms with van der Waals surface area (Å²) >= 11 is 0. The Hall–Kier alpha value is -1.30. The molecular weight excluding hydrogens is 340 g/mol. The topological polar surface area (TPSA) is 66.0 Å². The van der Waals surface area contributed by atoms with Crippen molar-refractivity contribution in [3.8, 4) is 0 Å². The second-order valence-corrected chi connectivity index (χ2v) is 8.30. The van der Waals surface area contributed by atoms with Gasteiger partial charge in [-0.3, -0.25) is 9.79 Å². The van der Waals surface area contributed by atoms with Gasteiger partial charge in [0, 0.05) is 38.2 Å². The Labute approximate surface area is 165 Å². The number of nitrogens with one attached hydrogen (secondary N) is 2. The lowest BCUT2D eigenvalue weighted by Crippen LogP contribution is -2.45. The zero-order valence-electron chi connectivity index (χ0n) is 17.6. The van der Waals surface area contributed by atoms with Gasteiger partial charge in [0.15, 0.2) is 5.96 Å². The van der Waals surface area contributed by atoms with E-state index in [0.29, 0.717) is 25.0 Å². The average Bonchev–Trinajstić information content (AvgIpc) is 3.13. The van der Waals surface area contributed by atoms with E-state index in [4.69, 9.17) is 4.74 Å². The highest BCUT2D eigenvalue weighted by Gasteiger charge is 2.31. The van der Waals surface area contributed by atoms with E-state index in [1.165, 1.54) is 19.3 Å². The number of guanidine groups is 1. The normalized spacial score (nSPS) is 21.7. The number of nitrogens with zero attached hydrogens (tertiary/aromatic N) is 2. The Bertz CT molecular complexity index is 461. The summed E-state index contributed by atoms with van der Waals surface area (Å²) in [6.07, 6.45) is 7.95. The number of amides is 1. The van der Waals surface area contributed by atoms with Gasteiger partial charge in [0.25, 0.3) is 0 Å².